The van der Waals surface area contributed by atoms with Gasteiger partial charge in [-0.2, -0.15) is 10.1 Å². The lowest BCUT2D eigenvalue weighted by Crippen LogP contribution is -2.23. The van der Waals surface area contributed by atoms with Crippen LogP contribution in [0.15, 0.2) is 76.5 Å². The number of amides is 1. The number of anilines is 1. The number of carbonyl (C=O) groups is 1. The van der Waals surface area contributed by atoms with Crippen molar-refractivity contribution in [2.24, 2.45) is 5.10 Å². The zero-order chi connectivity index (χ0) is 20.2. The van der Waals surface area contributed by atoms with Crippen LogP contribution in [0.4, 0.5) is 5.13 Å². The SMILES string of the molecule is Cc1ccc2nc(N(/N=C/c3ccco3)C(=O)/C=C/c3ccccc3Cl)sc2c1. The van der Waals surface area contributed by atoms with Crippen molar-refractivity contribution in [1.29, 1.82) is 0 Å². The molecule has 5 nitrogen and oxygen atoms in total. The topological polar surface area (TPSA) is 58.7 Å². The van der Waals surface area contributed by atoms with Gasteiger partial charge < -0.3 is 4.42 Å². The van der Waals surface area contributed by atoms with Crippen molar-refractivity contribution in [3.63, 3.8) is 0 Å². The highest BCUT2D eigenvalue weighted by Gasteiger charge is 2.17. The zero-order valence-corrected chi connectivity index (χ0v) is 17.0. The van der Waals surface area contributed by atoms with Crippen LogP contribution in [0, 0.1) is 6.92 Å². The first kappa shape index (κ1) is 19.1. The molecule has 2 aromatic carbocycles. The number of benzene rings is 2. The van der Waals surface area contributed by atoms with E-state index >= 15 is 0 Å². The predicted molar refractivity (Wildman–Crippen MR) is 119 cm³/mol. The van der Waals surface area contributed by atoms with Gasteiger partial charge in [0.25, 0.3) is 5.91 Å². The highest BCUT2D eigenvalue weighted by molar-refractivity contribution is 7.22. The number of hydrogen-bond acceptors (Lipinski definition) is 5. The van der Waals surface area contributed by atoms with Crippen molar-refractivity contribution >= 4 is 56.5 Å². The van der Waals surface area contributed by atoms with Crippen LogP contribution in [0.2, 0.25) is 5.02 Å². The van der Waals surface area contributed by atoms with Gasteiger partial charge >= 0.3 is 0 Å². The third-order valence-corrected chi connectivity index (χ3v) is 5.41. The summed E-state index contributed by atoms with van der Waals surface area (Å²) in [5.41, 5.74) is 2.69. The van der Waals surface area contributed by atoms with Crippen LogP contribution in [0.3, 0.4) is 0 Å². The highest BCUT2D eigenvalue weighted by atomic mass is 35.5. The Morgan fingerprint density at radius 2 is 2.07 bits per heavy atom. The first-order chi connectivity index (χ1) is 14.1. The van der Waals surface area contributed by atoms with Crippen LogP contribution in [0.1, 0.15) is 16.9 Å². The Balaban J connectivity index is 1.69. The molecule has 0 N–H and O–H groups in total. The zero-order valence-electron chi connectivity index (χ0n) is 15.4. The maximum atomic E-state index is 12.9. The van der Waals surface area contributed by atoms with Gasteiger partial charge in [-0.3, -0.25) is 4.79 Å². The van der Waals surface area contributed by atoms with Crippen LogP contribution < -0.4 is 5.01 Å². The number of nitrogens with zero attached hydrogens (tertiary/aromatic N) is 3. The van der Waals surface area contributed by atoms with E-state index in [1.807, 2.05) is 43.3 Å². The van der Waals surface area contributed by atoms with Gasteiger partial charge in [0.05, 0.1) is 22.7 Å². The summed E-state index contributed by atoms with van der Waals surface area (Å²) in [5, 5.41) is 6.62. The number of aryl methyl sites for hydroxylation is 1. The molecular formula is C22H16ClN3O2S. The number of hydrogen-bond donors (Lipinski definition) is 0. The molecule has 2 heterocycles. The molecule has 0 spiro atoms. The van der Waals surface area contributed by atoms with E-state index in [-0.39, 0.29) is 5.91 Å². The highest BCUT2D eigenvalue weighted by Crippen LogP contribution is 2.30. The number of aromatic nitrogens is 1. The molecule has 29 heavy (non-hydrogen) atoms. The van der Waals surface area contributed by atoms with Gasteiger partial charge in [0.2, 0.25) is 5.13 Å². The molecule has 0 saturated heterocycles. The van der Waals surface area contributed by atoms with Gasteiger partial charge in [0, 0.05) is 11.1 Å². The largest absolute Gasteiger partial charge is 0.463 e. The average Bonchev–Trinajstić information content (AvgIpc) is 3.37. The molecule has 0 unspecified atom stereocenters. The molecule has 2 aromatic heterocycles. The minimum Gasteiger partial charge on any atom is -0.463 e. The molecule has 144 valence electrons. The molecule has 1 amide bonds. The molecular weight excluding hydrogens is 406 g/mol. The fraction of sp³-hybridized carbons (Fsp3) is 0.0455. The van der Waals surface area contributed by atoms with Crippen LogP contribution in [0.25, 0.3) is 16.3 Å². The average molecular weight is 422 g/mol. The summed E-state index contributed by atoms with van der Waals surface area (Å²) in [6.07, 6.45) is 6.12. The maximum Gasteiger partial charge on any atom is 0.273 e. The summed E-state index contributed by atoms with van der Waals surface area (Å²) >= 11 is 7.57. The second-order valence-electron chi connectivity index (χ2n) is 6.23. The van der Waals surface area contributed by atoms with E-state index in [4.69, 9.17) is 16.0 Å². The van der Waals surface area contributed by atoms with Crippen LogP contribution in [-0.4, -0.2) is 17.1 Å². The summed E-state index contributed by atoms with van der Waals surface area (Å²) in [4.78, 5) is 17.5. The summed E-state index contributed by atoms with van der Waals surface area (Å²) in [5.74, 6) is 0.193. The first-order valence-electron chi connectivity index (χ1n) is 8.81. The number of fused-ring (bicyclic) bond motifs is 1. The lowest BCUT2D eigenvalue weighted by atomic mass is 10.2. The lowest BCUT2D eigenvalue weighted by molar-refractivity contribution is -0.114. The number of furan rings is 1. The molecule has 0 atom stereocenters. The Labute approximate surface area is 176 Å². The molecule has 0 bridgehead atoms. The number of thiazole rings is 1. The molecule has 0 aliphatic carbocycles. The van der Waals surface area contributed by atoms with Gasteiger partial charge in [-0.25, -0.2) is 4.98 Å². The van der Waals surface area contributed by atoms with E-state index in [0.29, 0.717) is 15.9 Å². The van der Waals surface area contributed by atoms with Crippen molar-refractivity contribution < 1.29 is 9.21 Å². The molecule has 0 aliphatic rings. The van der Waals surface area contributed by atoms with Gasteiger partial charge in [-0.05, 0) is 54.5 Å². The molecule has 4 aromatic rings. The standard InChI is InChI=1S/C22H16ClN3O2S/c1-15-8-10-19-20(13-15)29-22(25-19)26(24-14-17-6-4-12-28-17)21(27)11-9-16-5-2-3-7-18(16)23/h2-14H,1H3/b11-9+,24-14+. The predicted octanol–water partition coefficient (Wildman–Crippen LogP) is 5.93. The minimum atomic E-state index is -0.344. The Bertz CT molecular complexity index is 1210. The normalized spacial score (nSPS) is 11.7. The minimum absolute atomic E-state index is 0.344. The third kappa shape index (κ3) is 4.45. The third-order valence-electron chi connectivity index (χ3n) is 4.08. The summed E-state index contributed by atoms with van der Waals surface area (Å²) in [6, 6.07) is 16.8. The van der Waals surface area contributed by atoms with Crippen LogP contribution >= 0.6 is 22.9 Å². The smallest absolute Gasteiger partial charge is 0.273 e. The van der Waals surface area contributed by atoms with Gasteiger partial charge in [-0.15, -0.1) is 0 Å². The number of rotatable bonds is 5. The van der Waals surface area contributed by atoms with Crippen molar-refractivity contribution in [3.05, 3.63) is 88.8 Å². The lowest BCUT2D eigenvalue weighted by Gasteiger charge is -2.10. The van der Waals surface area contributed by atoms with E-state index in [0.717, 1.165) is 21.3 Å². The second-order valence-corrected chi connectivity index (χ2v) is 7.65. The molecule has 0 fully saturated rings. The Kier molecular flexibility index (Phi) is 5.55. The molecule has 0 saturated carbocycles. The summed E-state index contributed by atoms with van der Waals surface area (Å²) in [6.45, 7) is 2.02. The molecule has 0 aliphatic heterocycles. The monoisotopic (exact) mass is 421 g/mol. The van der Waals surface area contributed by atoms with Crippen LogP contribution in [0.5, 0.6) is 0 Å². The number of carbonyl (C=O) groups excluding carboxylic acids is 1. The van der Waals surface area contributed by atoms with E-state index in [1.54, 1.807) is 30.5 Å². The molecule has 4 rings (SSSR count). The number of hydrazone groups is 1. The van der Waals surface area contributed by atoms with Crippen molar-refractivity contribution in [2.45, 2.75) is 6.92 Å². The second kappa shape index (κ2) is 8.43. The summed E-state index contributed by atoms with van der Waals surface area (Å²) in [7, 11) is 0. The van der Waals surface area contributed by atoms with Gasteiger partial charge in [0.15, 0.2) is 0 Å². The Morgan fingerprint density at radius 1 is 1.21 bits per heavy atom. The van der Waals surface area contributed by atoms with E-state index < -0.39 is 0 Å². The fourth-order valence-corrected chi connectivity index (χ4v) is 3.86. The molecule has 0 radical (unpaired) electrons. The van der Waals surface area contributed by atoms with Crippen molar-refractivity contribution in [2.75, 3.05) is 5.01 Å². The van der Waals surface area contributed by atoms with Crippen molar-refractivity contribution in [1.82, 2.24) is 4.98 Å². The Morgan fingerprint density at radius 3 is 2.86 bits per heavy atom. The van der Waals surface area contributed by atoms with Crippen LogP contribution in [-0.2, 0) is 4.79 Å². The number of halogens is 1. The van der Waals surface area contributed by atoms with Crippen molar-refractivity contribution in [3.8, 4) is 0 Å². The Hall–Kier alpha value is -3.22. The first-order valence-corrected chi connectivity index (χ1v) is 10.0. The fourth-order valence-electron chi connectivity index (χ4n) is 2.63. The van der Waals surface area contributed by atoms with E-state index in [9.17, 15) is 4.79 Å². The van der Waals surface area contributed by atoms with Gasteiger partial charge in [-0.1, -0.05) is 47.2 Å². The van der Waals surface area contributed by atoms with E-state index in [1.165, 1.54) is 28.6 Å². The maximum absolute atomic E-state index is 12.9. The van der Waals surface area contributed by atoms with Gasteiger partial charge in [0.1, 0.15) is 5.76 Å². The summed E-state index contributed by atoms with van der Waals surface area (Å²) < 4.78 is 6.27. The quantitative estimate of drug-likeness (QED) is 0.228. The molecule has 7 heteroatoms. The van der Waals surface area contributed by atoms with E-state index in [2.05, 4.69) is 10.1 Å².